The first kappa shape index (κ1) is 16.4. The first-order chi connectivity index (χ1) is 9.77. The minimum absolute atomic E-state index is 0.0109. The number of carbonyl (C=O) groups excluding carboxylic acids is 1. The molecule has 0 radical (unpaired) electrons. The van der Waals surface area contributed by atoms with Gasteiger partial charge >= 0.3 is 0 Å². The summed E-state index contributed by atoms with van der Waals surface area (Å²) in [4.78, 5) is 14.0. The van der Waals surface area contributed by atoms with Crippen molar-refractivity contribution in [1.82, 2.24) is 4.90 Å². The highest BCUT2D eigenvalue weighted by Crippen LogP contribution is 2.27. The Kier molecular flexibility index (Phi) is 5.02. The number of benzene rings is 1. The third kappa shape index (κ3) is 4.50. The van der Waals surface area contributed by atoms with Crippen molar-refractivity contribution in [2.75, 3.05) is 19.7 Å². The van der Waals surface area contributed by atoms with E-state index in [2.05, 4.69) is 0 Å². The maximum absolute atomic E-state index is 12.3. The molecule has 1 unspecified atom stereocenters. The van der Waals surface area contributed by atoms with Crippen LogP contribution in [0.4, 0.5) is 0 Å². The van der Waals surface area contributed by atoms with Gasteiger partial charge in [-0.15, -0.1) is 0 Å². The van der Waals surface area contributed by atoms with E-state index >= 15 is 0 Å². The summed E-state index contributed by atoms with van der Waals surface area (Å²) in [5.41, 5.74) is -0.342. The standard InChI is InChI=1S/C15H19Cl2NO3/c1-10-7-18(9-15(2,3)21-10)14(19)8-20-13-5-4-11(16)6-12(13)17/h4-6,10H,7-9H2,1-3H3. The van der Waals surface area contributed by atoms with Crippen molar-refractivity contribution in [1.29, 1.82) is 0 Å². The predicted octanol–water partition coefficient (Wildman–Crippen LogP) is 3.40. The van der Waals surface area contributed by atoms with E-state index in [-0.39, 0.29) is 24.2 Å². The van der Waals surface area contributed by atoms with Gasteiger partial charge in [0.15, 0.2) is 6.61 Å². The number of halogens is 2. The summed E-state index contributed by atoms with van der Waals surface area (Å²) in [5.74, 6) is 0.374. The van der Waals surface area contributed by atoms with Crippen LogP contribution in [0.15, 0.2) is 18.2 Å². The fourth-order valence-electron chi connectivity index (χ4n) is 2.47. The van der Waals surface area contributed by atoms with Crippen LogP contribution < -0.4 is 4.74 Å². The van der Waals surface area contributed by atoms with Gasteiger partial charge in [-0.1, -0.05) is 23.2 Å². The van der Waals surface area contributed by atoms with E-state index in [0.29, 0.717) is 28.9 Å². The molecule has 0 saturated carbocycles. The topological polar surface area (TPSA) is 38.8 Å². The monoisotopic (exact) mass is 331 g/mol. The molecule has 21 heavy (non-hydrogen) atoms. The van der Waals surface area contributed by atoms with Crippen LogP contribution in [0.5, 0.6) is 5.75 Å². The highest BCUT2D eigenvalue weighted by atomic mass is 35.5. The van der Waals surface area contributed by atoms with E-state index in [0.717, 1.165) is 0 Å². The fraction of sp³-hybridized carbons (Fsp3) is 0.533. The van der Waals surface area contributed by atoms with Gasteiger partial charge in [0.05, 0.1) is 16.7 Å². The minimum Gasteiger partial charge on any atom is -0.482 e. The van der Waals surface area contributed by atoms with Crippen molar-refractivity contribution in [3.8, 4) is 5.75 Å². The molecule has 1 aromatic carbocycles. The normalized spacial score (nSPS) is 21.2. The van der Waals surface area contributed by atoms with Crippen LogP contribution >= 0.6 is 23.2 Å². The molecule has 1 fully saturated rings. The number of amides is 1. The van der Waals surface area contributed by atoms with Gasteiger partial charge in [0.2, 0.25) is 0 Å². The Morgan fingerprint density at radius 1 is 1.48 bits per heavy atom. The van der Waals surface area contributed by atoms with E-state index in [1.807, 2.05) is 20.8 Å². The number of morpholine rings is 1. The van der Waals surface area contributed by atoms with Gasteiger partial charge in [-0.05, 0) is 39.0 Å². The fourth-order valence-corrected chi connectivity index (χ4v) is 2.93. The first-order valence-corrected chi connectivity index (χ1v) is 7.56. The van der Waals surface area contributed by atoms with Gasteiger partial charge in [0, 0.05) is 18.1 Å². The highest BCUT2D eigenvalue weighted by Gasteiger charge is 2.33. The molecule has 1 aliphatic heterocycles. The summed E-state index contributed by atoms with van der Waals surface area (Å²) in [6.07, 6.45) is 0.0109. The zero-order valence-corrected chi connectivity index (χ0v) is 13.9. The highest BCUT2D eigenvalue weighted by molar-refractivity contribution is 6.35. The third-order valence-electron chi connectivity index (χ3n) is 3.17. The van der Waals surface area contributed by atoms with Crippen molar-refractivity contribution >= 4 is 29.1 Å². The maximum atomic E-state index is 12.3. The van der Waals surface area contributed by atoms with Gasteiger partial charge in [0.25, 0.3) is 5.91 Å². The van der Waals surface area contributed by atoms with E-state index < -0.39 is 0 Å². The van der Waals surface area contributed by atoms with Crippen LogP contribution in [-0.2, 0) is 9.53 Å². The molecule has 1 atom stereocenters. The Hall–Kier alpha value is -0.970. The third-order valence-corrected chi connectivity index (χ3v) is 3.70. The van der Waals surface area contributed by atoms with Crippen LogP contribution in [0.1, 0.15) is 20.8 Å². The molecule has 6 heteroatoms. The van der Waals surface area contributed by atoms with E-state index in [4.69, 9.17) is 32.7 Å². The Morgan fingerprint density at radius 2 is 2.19 bits per heavy atom. The molecule has 1 heterocycles. The molecule has 0 N–H and O–H groups in total. The molecule has 0 aliphatic carbocycles. The minimum atomic E-state index is -0.342. The molecular formula is C15H19Cl2NO3. The van der Waals surface area contributed by atoms with Gasteiger partial charge in [-0.25, -0.2) is 0 Å². The van der Waals surface area contributed by atoms with Crippen molar-refractivity contribution in [2.45, 2.75) is 32.5 Å². The summed E-state index contributed by atoms with van der Waals surface area (Å²) in [6.45, 7) is 6.97. The lowest BCUT2D eigenvalue weighted by Crippen LogP contribution is -2.54. The lowest BCUT2D eigenvalue weighted by atomic mass is 10.1. The summed E-state index contributed by atoms with van der Waals surface area (Å²) in [7, 11) is 0. The largest absolute Gasteiger partial charge is 0.482 e. The van der Waals surface area contributed by atoms with Crippen LogP contribution in [0, 0.1) is 0 Å². The summed E-state index contributed by atoms with van der Waals surface area (Å²) >= 11 is 11.8. The quantitative estimate of drug-likeness (QED) is 0.852. The number of ether oxygens (including phenoxy) is 2. The summed E-state index contributed by atoms with van der Waals surface area (Å²) < 4.78 is 11.3. The molecule has 2 rings (SSSR count). The Balaban J connectivity index is 1.95. The number of hydrogen-bond acceptors (Lipinski definition) is 3. The number of nitrogens with zero attached hydrogens (tertiary/aromatic N) is 1. The molecule has 4 nitrogen and oxygen atoms in total. The molecule has 1 aliphatic rings. The van der Waals surface area contributed by atoms with Gasteiger partial charge < -0.3 is 14.4 Å². The molecule has 1 amide bonds. The molecule has 116 valence electrons. The average molecular weight is 332 g/mol. The second-order valence-corrected chi connectivity index (χ2v) is 6.67. The molecular weight excluding hydrogens is 313 g/mol. The molecule has 0 spiro atoms. The maximum Gasteiger partial charge on any atom is 0.260 e. The lowest BCUT2D eigenvalue weighted by Gasteiger charge is -2.41. The van der Waals surface area contributed by atoms with Crippen molar-refractivity contribution in [3.63, 3.8) is 0 Å². The average Bonchev–Trinajstić information content (AvgIpc) is 2.35. The van der Waals surface area contributed by atoms with Crippen LogP contribution in [0.2, 0.25) is 10.0 Å². The number of carbonyl (C=O) groups is 1. The smallest absolute Gasteiger partial charge is 0.260 e. The Bertz CT molecular complexity index is 534. The zero-order valence-electron chi connectivity index (χ0n) is 12.4. The Labute approximate surface area is 134 Å². The number of rotatable bonds is 3. The Morgan fingerprint density at radius 3 is 2.81 bits per heavy atom. The number of hydrogen-bond donors (Lipinski definition) is 0. The van der Waals surface area contributed by atoms with E-state index in [1.54, 1.807) is 23.1 Å². The van der Waals surface area contributed by atoms with Crippen molar-refractivity contribution < 1.29 is 14.3 Å². The van der Waals surface area contributed by atoms with Crippen molar-refractivity contribution in [3.05, 3.63) is 28.2 Å². The zero-order chi connectivity index (χ0) is 15.6. The molecule has 0 bridgehead atoms. The van der Waals surface area contributed by atoms with E-state index in [9.17, 15) is 4.79 Å². The van der Waals surface area contributed by atoms with E-state index in [1.165, 1.54) is 0 Å². The molecule has 0 aromatic heterocycles. The summed E-state index contributed by atoms with van der Waals surface area (Å²) in [5, 5.41) is 0.924. The second kappa shape index (κ2) is 6.42. The van der Waals surface area contributed by atoms with Gasteiger partial charge in [-0.3, -0.25) is 4.79 Å². The van der Waals surface area contributed by atoms with Gasteiger partial charge in [0.1, 0.15) is 5.75 Å². The molecule has 1 aromatic rings. The van der Waals surface area contributed by atoms with Crippen LogP contribution in [-0.4, -0.2) is 42.2 Å². The summed E-state index contributed by atoms with van der Waals surface area (Å²) in [6, 6.07) is 4.92. The SMILES string of the molecule is CC1CN(C(=O)COc2ccc(Cl)cc2Cl)CC(C)(C)O1. The molecule has 1 saturated heterocycles. The van der Waals surface area contributed by atoms with Crippen LogP contribution in [0.3, 0.4) is 0 Å². The lowest BCUT2D eigenvalue weighted by molar-refractivity contribution is -0.159. The second-order valence-electron chi connectivity index (χ2n) is 5.83. The predicted molar refractivity (Wildman–Crippen MR) is 83.2 cm³/mol. The van der Waals surface area contributed by atoms with Crippen LogP contribution in [0.25, 0.3) is 0 Å². The van der Waals surface area contributed by atoms with Gasteiger partial charge in [-0.2, -0.15) is 0 Å². The van der Waals surface area contributed by atoms with Crippen molar-refractivity contribution in [2.24, 2.45) is 0 Å². The first-order valence-electron chi connectivity index (χ1n) is 6.80.